The summed E-state index contributed by atoms with van der Waals surface area (Å²) < 4.78 is 24.5. The van der Waals surface area contributed by atoms with Gasteiger partial charge in [0.25, 0.3) is 0 Å². The first-order valence-corrected chi connectivity index (χ1v) is 7.10. The highest BCUT2D eigenvalue weighted by atomic mass is 32.2. The van der Waals surface area contributed by atoms with Crippen molar-refractivity contribution in [1.82, 2.24) is 0 Å². The molecule has 0 saturated carbocycles. The zero-order valence-corrected chi connectivity index (χ0v) is 10.3. The van der Waals surface area contributed by atoms with Gasteiger partial charge in [0, 0.05) is 4.91 Å². The summed E-state index contributed by atoms with van der Waals surface area (Å²) in [4.78, 5) is 1.02. The standard InChI is InChI=1S/C13H16O2S/c1-11-7-9-13(10-8-11)16(14,15)12-5-3-2-4-6-12/h5,7-10H,2-4,6H2,1H3. The van der Waals surface area contributed by atoms with Crippen molar-refractivity contribution in [2.75, 3.05) is 0 Å². The number of benzene rings is 1. The summed E-state index contributed by atoms with van der Waals surface area (Å²) in [6.07, 6.45) is 5.54. The Morgan fingerprint density at radius 1 is 1.06 bits per heavy atom. The van der Waals surface area contributed by atoms with Gasteiger partial charge in [-0.25, -0.2) is 8.42 Å². The van der Waals surface area contributed by atoms with E-state index in [1.54, 1.807) is 12.1 Å². The van der Waals surface area contributed by atoms with Gasteiger partial charge in [0.05, 0.1) is 4.90 Å². The number of hydrogen-bond donors (Lipinski definition) is 0. The zero-order chi connectivity index (χ0) is 11.6. The molecule has 0 bridgehead atoms. The third-order valence-corrected chi connectivity index (χ3v) is 4.88. The SMILES string of the molecule is Cc1ccc(S(=O)(=O)C2=CCCCC2)cc1. The quantitative estimate of drug-likeness (QED) is 0.790. The van der Waals surface area contributed by atoms with Crippen molar-refractivity contribution in [2.24, 2.45) is 0 Å². The minimum Gasteiger partial charge on any atom is -0.219 e. The molecule has 0 N–H and O–H groups in total. The molecule has 0 radical (unpaired) electrons. The van der Waals surface area contributed by atoms with E-state index in [4.69, 9.17) is 0 Å². The van der Waals surface area contributed by atoms with E-state index >= 15 is 0 Å². The lowest BCUT2D eigenvalue weighted by molar-refractivity contribution is 0.595. The van der Waals surface area contributed by atoms with Crippen molar-refractivity contribution in [3.05, 3.63) is 40.8 Å². The van der Waals surface area contributed by atoms with Gasteiger partial charge >= 0.3 is 0 Å². The van der Waals surface area contributed by atoms with Crippen LogP contribution in [0.15, 0.2) is 40.1 Å². The van der Waals surface area contributed by atoms with E-state index in [9.17, 15) is 8.42 Å². The van der Waals surface area contributed by atoms with Gasteiger partial charge < -0.3 is 0 Å². The maximum Gasteiger partial charge on any atom is 0.202 e. The van der Waals surface area contributed by atoms with Gasteiger partial charge in [-0.15, -0.1) is 0 Å². The Morgan fingerprint density at radius 3 is 2.31 bits per heavy atom. The molecule has 0 aromatic heterocycles. The van der Waals surface area contributed by atoms with Gasteiger partial charge in [-0.1, -0.05) is 23.8 Å². The number of aryl methyl sites for hydroxylation is 1. The Labute approximate surface area is 96.9 Å². The molecule has 0 atom stereocenters. The third kappa shape index (κ3) is 2.19. The van der Waals surface area contributed by atoms with Gasteiger partial charge in [-0.3, -0.25) is 0 Å². The van der Waals surface area contributed by atoms with Crippen LogP contribution in [0.25, 0.3) is 0 Å². The summed E-state index contributed by atoms with van der Waals surface area (Å²) in [5.41, 5.74) is 1.08. The molecule has 3 heteroatoms. The average Bonchev–Trinajstić information content (AvgIpc) is 2.31. The van der Waals surface area contributed by atoms with Crippen LogP contribution in [0.4, 0.5) is 0 Å². The second-order valence-electron chi connectivity index (χ2n) is 4.23. The molecule has 0 aliphatic heterocycles. The van der Waals surface area contributed by atoms with Gasteiger partial charge in [0.2, 0.25) is 9.84 Å². The first kappa shape index (κ1) is 11.4. The van der Waals surface area contributed by atoms with Crippen molar-refractivity contribution in [1.29, 1.82) is 0 Å². The molecule has 0 unspecified atom stereocenters. The topological polar surface area (TPSA) is 34.1 Å². The molecule has 0 spiro atoms. The van der Waals surface area contributed by atoms with E-state index in [-0.39, 0.29) is 0 Å². The maximum atomic E-state index is 12.2. The van der Waals surface area contributed by atoms with Crippen molar-refractivity contribution in [2.45, 2.75) is 37.5 Å². The molecule has 1 aliphatic rings. The van der Waals surface area contributed by atoms with Crippen molar-refractivity contribution in [3.8, 4) is 0 Å². The summed E-state index contributed by atoms with van der Waals surface area (Å²) in [5, 5.41) is 0. The van der Waals surface area contributed by atoms with Crippen LogP contribution < -0.4 is 0 Å². The third-order valence-electron chi connectivity index (χ3n) is 2.93. The molecule has 2 nitrogen and oxygen atoms in total. The smallest absolute Gasteiger partial charge is 0.202 e. The van der Waals surface area contributed by atoms with Crippen LogP contribution in [0.5, 0.6) is 0 Å². The molecule has 0 fully saturated rings. The fourth-order valence-electron chi connectivity index (χ4n) is 1.92. The Bertz CT molecular complexity index is 495. The van der Waals surface area contributed by atoms with Gasteiger partial charge in [0.1, 0.15) is 0 Å². The lowest BCUT2D eigenvalue weighted by Gasteiger charge is -2.13. The van der Waals surface area contributed by atoms with Gasteiger partial charge in [-0.05, 0) is 44.7 Å². The summed E-state index contributed by atoms with van der Waals surface area (Å²) in [5.74, 6) is 0. The Kier molecular flexibility index (Phi) is 3.15. The van der Waals surface area contributed by atoms with Crippen LogP contribution in [0, 0.1) is 6.92 Å². The molecule has 86 valence electrons. The number of sulfone groups is 1. The van der Waals surface area contributed by atoms with Crippen LogP contribution in [0.2, 0.25) is 0 Å². The fraction of sp³-hybridized carbons (Fsp3) is 0.385. The molecule has 0 heterocycles. The highest BCUT2D eigenvalue weighted by Crippen LogP contribution is 2.27. The summed E-state index contributed by atoms with van der Waals surface area (Å²) in [6, 6.07) is 7.08. The molecular formula is C13H16O2S. The van der Waals surface area contributed by atoms with Crippen LogP contribution in [-0.4, -0.2) is 8.42 Å². The lowest BCUT2D eigenvalue weighted by atomic mass is 10.1. The first-order valence-electron chi connectivity index (χ1n) is 5.61. The zero-order valence-electron chi connectivity index (χ0n) is 9.44. The normalized spacial score (nSPS) is 16.9. The van der Waals surface area contributed by atoms with E-state index in [0.29, 0.717) is 16.2 Å². The second kappa shape index (κ2) is 4.42. The van der Waals surface area contributed by atoms with E-state index in [1.165, 1.54) is 0 Å². The molecular weight excluding hydrogens is 220 g/mol. The Hall–Kier alpha value is -1.09. The molecule has 1 aromatic carbocycles. The predicted molar refractivity (Wildman–Crippen MR) is 64.9 cm³/mol. The van der Waals surface area contributed by atoms with E-state index in [2.05, 4.69) is 0 Å². The van der Waals surface area contributed by atoms with Crippen LogP contribution in [0.3, 0.4) is 0 Å². The van der Waals surface area contributed by atoms with E-state index in [0.717, 1.165) is 24.8 Å². The molecule has 1 aromatic rings. The van der Waals surface area contributed by atoms with Crippen molar-refractivity contribution >= 4 is 9.84 Å². The number of allylic oxidation sites excluding steroid dienone is 2. The molecule has 0 amide bonds. The summed E-state index contributed by atoms with van der Waals surface area (Å²) in [6.45, 7) is 1.95. The van der Waals surface area contributed by atoms with Crippen molar-refractivity contribution < 1.29 is 8.42 Å². The Morgan fingerprint density at radius 2 is 1.75 bits per heavy atom. The minimum atomic E-state index is -3.22. The number of rotatable bonds is 2. The van der Waals surface area contributed by atoms with Gasteiger partial charge in [-0.2, -0.15) is 0 Å². The molecule has 16 heavy (non-hydrogen) atoms. The average molecular weight is 236 g/mol. The summed E-state index contributed by atoms with van der Waals surface area (Å²) in [7, 11) is -3.22. The minimum absolute atomic E-state index is 0.422. The maximum absolute atomic E-state index is 12.2. The first-order chi connectivity index (χ1) is 7.60. The predicted octanol–water partition coefficient (Wildman–Crippen LogP) is 3.23. The summed E-state index contributed by atoms with van der Waals surface area (Å²) >= 11 is 0. The monoisotopic (exact) mass is 236 g/mol. The van der Waals surface area contributed by atoms with Crippen LogP contribution in [0.1, 0.15) is 31.2 Å². The van der Waals surface area contributed by atoms with E-state index in [1.807, 2.05) is 25.1 Å². The van der Waals surface area contributed by atoms with E-state index < -0.39 is 9.84 Å². The second-order valence-corrected chi connectivity index (χ2v) is 6.24. The lowest BCUT2D eigenvalue weighted by Crippen LogP contribution is -2.07. The van der Waals surface area contributed by atoms with Crippen LogP contribution >= 0.6 is 0 Å². The largest absolute Gasteiger partial charge is 0.219 e. The highest BCUT2D eigenvalue weighted by Gasteiger charge is 2.21. The molecule has 0 saturated heterocycles. The highest BCUT2D eigenvalue weighted by molar-refractivity contribution is 7.95. The number of hydrogen-bond acceptors (Lipinski definition) is 2. The molecule has 2 rings (SSSR count). The molecule has 1 aliphatic carbocycles. The Balaban J connectivity index is 2.38. The van der Waals surface area contributed by atoms with Crippen molar-refractivity contribution in [3.63, 3.8) is 0 Å². The fourth-order valence-corrected chi connectivity index (χ4v) is 3.47. The van der Waals surface area contributed by atoms with Crippen LogP contribution in [-0.2, 0) is 9.84 Å². The van der Waals surface area contributed by atoms with Gasteiger partial charge in [0.15, 0.2) is 0 Å².